The number of aryl methyl sites for hydroxylation is 1. The van der Waals surface area contributed by atoms with Crippen LogP contribution in [0.15, 0.2) is 12.3 Å². The number of H-pyrrole nitrogens is 1. The summed E-state index contributed by atoms with van der Waals surface area (Å²) in [5.74, 6) is 0.781. The molecule has 0 atom stereocenters. The largest absolute Gasteiger partial charge is 0.329 e. The molecule has 1 saturated carbocycles. The highest BCUT2D eigenvalue weighted by Crippen LogP contribution is 2.27. The van der Waals surface area contributed by atoms with Crippen LogP contribution in [0.1, 0.15) is 31.2 Å². The first-order valence-electron chi connectivity index (χ1n) is 6.30. The molecule has 2 aromatic heterocycles. The summed E-state index contributed by atoms with van der Waals surface area (Å²) in [4.78, 5) is 7.75. The van der Waals surface area contributed by atoms with E-state index in [-0.39, 0.29) is 0 Å². The molecule has 2 heterocycles. The van der Waals surface area contributed by atoms with Gasteiger partial charge < -0.3 is 9.55 Å². The average Bonchev–Trinajstić information content (AvgIpc) is 2.91. The van der Waals surface area contributed by atoms with E-state index in [1.54, 1.807) is 0 Å². The van der Waals surface area contributed by atoms with Crippen LogP contribution in [-0.4, -0.2) is 14.5 Å². The molecular weight excluding hydrogens is 230 g/mol. The quantitative estimate of drug-likeness (QED) is 0.823. The molecule has 4 heteroatoms. The van der Waals surface area contributed by atoms with Gasteiger partial charge in [-0.05, 0) is 49.5 Å². The number of hydrogen-bond acceptors (Lipinski definition) is 2. The van der Waals surface area contributed by atoms with Gasteiger partial charge in [0.05, 0.1) is 5.52 Å². The normalized spacial score (nSPS) is 17.0. The zero-order valence-corrected chi connectivity index (χ0v) is 10.9. The molecule has 1 fully saturated rings. The Bertz CT molecular complexity index is 590. The molecular formula is C13H17N3S. The van der Waals surface area contributed by atoms with Crippen molar-refractivity contribution < 1.29 is 0 Å². The number of pyridine rings is 1. The topological polar surface area (TPSA) is 33.6 Å². The van der Waals surface area contributed by atoms with E-state index in [1.165, 1.54) is 31.2 Å². The molecule has 90 valence electrons. The zero-order valence-electron chi connectivity index (χ0n) is 10.1. The molecule has 0 aromatic carbocycles. The fourth-order valence-corrected chi connectivity index (χ4v) is 3.06. The van der Waals surface area contributed by atoms with Gasteiger partial charge in [0.25, 0.3) is 0 Å². The molecule has 2 aromatic rings. The maximum absolute atomic E-state index is 5.41. The van der Waals surface area contributed by atoms with Crippen molar-refractivity contribution in [3.05, 3.63) is 22.6 Å². The van der Waals surface area contributed by atoms with Gasteiger partial charge in [-0.3, -0.25) is 0 Å². The van der Waals surface area contributed by atoms with Crippen molar-refractivity contribution in [2.75, 3.05) is 0 Å². The van der Waals surface area contributed by atoms with Gasteiger partial charge in [0.1, 0.15) is 0 Å². The van der Waals surface area contributed by atoms with Crippen molar-refractivity contribution in [1.29, 1.82) is 0 Å². The average molecular weight is 247 g/mol. The Balaban J connectivity index is 2.06. The summed E-state index contributed by atoms with van der Waals surface area (Å²) in [5.41, 5.74) is 3.32. The number of nitrogens with zero attached hydrogens (tertiary/aromatic N) is 2. The first kappa shape index (κ1) is 11.0. The van der Waals surface area contributed by atoms with Crippen LogP contribution in [0, 0.1) is 17.6 Å². The summed E-state index contributed by atoms with van der Waals surface area (Å²) in [6, 6.07) is 2.02. The minimum Gasteiger partial charge on any atom is -0.329 e. The summed E-state index contributed by atoms with van der Waals surface area (Å²) in [7, 11) is 0. The van der Waals surface area contributed by atoms with Gasteiger partial charge in [-0.25, -0.2) is 4.98 Å². The van der Waals surface area contributed by atoms with E-state index in [1.807, 2.05) is 12.3 Å². The third-order valence-electron chi connectivity index (χ3n) is 3.79. The molecule has 1 aliphatic rings. The Hall–Kier alpha value is -1.16. The predicted octanol–water partition coefficient (Wildman–Crippen LogP) is 3.59. The van der Waals surface area contributed by atoms with Crippen molar-refractivity contribution in [2.45, 2.75) is 39.2 Å². The van der Waals surface area contributed by atoms with Crippen molar-refractivity contribution >= 4 is 23.4 Å². The van der Waals surface area contributed by atoms with E-state index in [0.717, 1.165) is 28.4 Å². The zero-order chi connectivity index (χ0) is 11.8. The van der Waals surface area contributed by atoms with Gasteiger partial charge in [-0.1, -0.05) is 12.8 Å². The van der Waals surface area contributed by atoms with E-state index in [4.69, 9.17) is 12.2 Å². The smallest absolute Gasteiger partial charge is 0.179 e. The lowest BCUT2D eigenvalue weighted by Crippen LogP contribution is -2.07. The molecule has 0 spiro atoms. The number of hydrogen-bond donors (Lipinski definition) is 1. The van der Waals surface area contributed by atoms with Crippen LogP contribution >= 0.6 is 12.2 Å². The van der Waals surface area contributed by atoms with E-state index in [0.29, 0.717) is 0 Å². The van der Waals surface area contributed by atoms with Crippen LogP contribution in [-0.2, 0) is 6.54 Å². The Morgan fingerprint density at radius 3 is 3.00 bits per heavy atom. The van der Waals surface area contributed by atoms with E-state index in [9.17, 15) is 0 Å². The van der Waals surface area contributed by atoms with Crippen LogP contribution < -0.4 is 0 Å². The second-order valence-corrected chi connectivity index (χ2v) is 5.40. The van der Waals surface area contributed by atoms with Gasteiger partial charge in [-0.2, -0.15) is 0 Å². The van der Waals surface area contributed by atoms with Crippen molar-refractivity contribution in [3.8, 4) is 0 Å². The summed E-state index contributed by atoms with van der Waals surface area (Å²) in [6.07, 6.45) is 7.27. The number of fused-ring (bicyclic) bond motifs is 1. The van der Waals surface area contributed by atoms with Crippen molar-refractivity contribution in [2.24, 2.45) is 5.92 Å². The number of rotatable bonds is 2. The van der Waals surface area contributed by atoms with Crippen LogP contribution in [0.5, 0.6) is 0 Å². The van der Waals surface area contributed by atoms with Crippen LogP contribution in [0.25, 0.3) is 11.2 Å². The highest BCUT2D eigenvalue weighted by molar-refractivity contribution is 7.71. The van der Waals surface area contributed by atoms with Gasteiger partial charge >= 0.3 is 0 Å². The minimum atomic E-state index is 0.781. The number of aromatic nitrogens is 3. The number of aromatic amines is 1. The lowest BCUT2D eigenvalue weighted by Gasteiger charge is -2.10. The highest BCUT2D eigenvalue weighted by Gasteiger charge is 2.17. The molecule has 0 aliphatic heterocycles. The number of imidazole rings is 1. The van der Waals surface area contributed by atoms with E-state index >= 15 is 0 Å². The third-order valence-corrected chi connectivity index (χ3v) is 4.11. The number of nitrogens with one attached hydrogen (secondary N) is 1. The lowest BCUT2D eigenvalue weighted by molar-refractivity contribution is 0.460. The van der Waals surface area contributed by atoms with Gasteiger partial charge in [0, 0.05) is 12.7 Å². The second-order valence-electron chi connectivity index (χ2n) is 5.02. The maximum atomic E-state index is 5.41. The Kier molecular flexibility index (Phi) is 2.74. The molecule has 1 N–H and O–H groups in total. The molecule has 0 amide bonds. The standard InChI is InChI=1S/C13H17N3S/c1-9-6-7-14-12-11(9)15-13(17)16(12)8-10-4-2-3-5-10/h6-7,10H,2-5,8H2,1H3,(H,15,17). The van der Waals surface area contributed by atoms with Gasteiger partial charge in [-0.15, -0.1) is 0 Å². The highest BCUT2D eigenvalue weighted by atomic mass is 32.1. The monoisotopic (exact) mass is 247 g/mol. The molecule has 0 saturated heterocycles. The Labute approximate surface area is 106 Å². The Morgan fingerprint density at radius 2 is 2.24 bits per heavy atom. The van der Waals surface area contributed by atoms with Crippen LogP contribution in [0.2, 0.25) is 0 Å². The van der Waals surface area contributed by atoms with E-state index in [2.05, 4.69) is 21.5 Å². The summed E-state index contributed by atoms with van der Waals surface area (Å²) in [5, 5.41) is 0. The molecule has 0 radical (unpaired) electrons. The molecule has 0 unspecified atom stereocenters. The molecule has 1 aliphatic carbocycles. The minimum absolute atomic E-state index is 0.781. The SMILES string of the molecule is Cc1ccnc2c1[nH]c(=S)n2CC1CCCC1. The third kappa shape index (κ3) is 1.90. The van der Waals surface area contributed by atoms with E-state index < -0.39 is 0 Å². The van der Waals surface area contributed by atoms with Crippen molar-refractivity contribution in [3.63, 3.8) is 0 Å². The summed E-state index contributed by atoms with van der Waals surface area (Å²) >= 11 is 5.41. The summed E-state index contributed by atoms with van der Waals surface area (Å²) < 4.78 is 2.99. The molecule has 3 nitrogen and oxygen atoms in total. The van der Waals surface area contributed by atoms with Crippen LogP contribution in [0.4, 0.5) is 0 Å². The fraction of sp³-hybridized carbons (Fsp3) is 0.538. The second kappa shape index (κ2) is 4.26. The predicted molar refractivity (Wildman–Crippen MR) is 71.6 cm³/mol. The maximum Gasteiger partial charge on any atom is 0.179 e. The lowest BCUT2D eigenvalue weighted by atomic mass is 10.1. The van der Waals surface area contributed by atoms with Crippen molar-refractivity contribution in [1.82, 2.24) is 14.5 Å². The van der Waals surface area contributed by atoms with Gasteiger partial charge in [0.15, 0.2) is 10.4 Å². The van der Waals surface area contributed by atoms with Gasteiger partial charge in [0.2, 0.25) is 0 Å². The fourth-order valence-electron chi connectivity index (χ4n) is 2.79. The molecule has 17 heavy (non-hydrogen) atoms. The first-order valence-corrected chi connectivity index (χ1v) is 6.70. The summed E-state index contributed by atoms with van der Waals surface area (Å²) in [6.45, 7) is 3.12. The molecule has 3 rings (SSSR count). The first-order chi connectivity index (χ1) is 8.25. The Morgan fingerprint density at radius 1 is 1.47 bits per heavy atom. The molecule has 0 bridgehead atoms. The van der Waals surface area contributed by atoms with Crippen LogP contribution in [0.3, 0.4) is 0 Å².